The molecule has 18 aromatic rings. The lowest BCUT2D eigenvalue weighted by Gasteiger charge is -2.22. The van der Waals surface area contributed by atoms with Gasteiger partial charge in [-0.3, -0.25) is 58.7 Å². The van der Waals surface area contributed by atoms with Crippen LogP contribution in [0.5, 0.6) is 23.3 Å². The molecule has 0 fully saturated rings. The van der Waals surface area contributed by atoms with Crippen molar-refractivity contribution < 1.29 is 38.2 Å². The molecule has 0 atom stereocenters. The molecule has 0 aliphatic rings. The van der Waals surface area contributed by atoms with Crippen molar-refractivity contribution in [3.63, 3.8) is 0 Å². The average molecular weight is 1970 g/mol. The fourth-order valence-corrected chi connectivity index (χ4v) is 13.8. The molecule has 33 nitrogen and oxygen atoms in total. The van der Waals surface area contributed by atoms with Crippen LogP contribution in [-0.2, 0) is 0 Å². The summed E-state index contributed by atoms with van der Waals surface area (Å²) in [7, 11) is 5.71. The van der Waals surface area contributed by atoms with E-state index in [9.17, 15) is 28.8 Å². The lowest BCUT2D eigenvalue weighted by molar-refractivity contribution is 0.101. The standard InChI is InChI=1S/C20H17N5O.C20H16N4O.C19H18N4O.C18H16ClN5O.C18H15N3O2.C17H14N4O2.CH4/c1-3-15-6-5-7-16(8-15)20(26)24-17-9-18(11-21-10-17)25(4-2)19-12-22-14-23-13-19;1-3-15-6-4-7-16(10-15)20(25)23-17-11-19(14-22-12-17)24(2)18-8-5-9-21-13-18;1-14-5-3-6-15(11-14)19(24)22-18-12-16(8-10-21-18)23(2)17-7-4-9-20-13-17;1-12-4-3-5-13(6-12)18(25)23-17-8-14(7-16(19)22-17)24(2)15-9-20-11-21-10-15;1-13-4-2-5-14(10-13)18(22)21-15-7-9-20-17(11-15)23-16-6-3-8-19-12-16;1-12-5-2-7-14(19-12)17(22)21-15-8-3-9-16(20-15)23-13-6-4-10-18-11-13;/h1,5-14H,4H2,2H3,(H,24,26);1,4-14H,2H3,(H,23,25);3-13H,1-2H3,(H,21,22,24);3-11H,1-2H3,(H,22,23,25);2-12H,1H3,(H,20,21,22);2-11H,1H3,(H,20,21,22);1H4. The Labute approximate surface area is 855 Å². The van der Waals surface area contributed by atoms with E-state index >= 15 is 0 Å². The molecule has 18 rings (SSSR count). The SMILES string of the molecule is C.C#Cc1cccc(C(=O)Nc2cncc(N(C)c3cccnc3)c2)c1.C#Cc1cccc(C(=O)Nc2cncc(N(CC)c3cncnc3)c2)c1.Cc1cccc(C(=O)Nc2cc(N(C)c3cccnc3)ccn2)c1.Cc1cccc(C(=O)Nc2cc(N(C)c3cncnc3)cc(Cl)n2)c1.Cc1cccc(C(=O)Nc2cccc(Oc3cccnc3)n2)n1.Cc1cccc(C(=O)Nc2ccnc(Oc3cccnc3)c2)c1. The quantitative estimate of drug-likeness (QED) is 0.0229. The fraction of sp³-hybridized carbons (Fsp3) is 0.0885. The lowest BCUT2D eigenvalue weighted by Crippen LogP contribution is -2.17. The summed E-state index contributed by atoms with van der Waals surface area (Å²) in [6.07, 6.45) is 44.0. The number of rotatable bonds is 25. The first kappa shape index (κ1) is 106. The summed E-state index contributed by atoms with van der Waals surface area (Å²) < 4.78 is 11.2. The van der Waals surface area contributed by atoms with Crippen LogP contribution in [0.1, 0.15) is 110 Å². The van der Waals surface area contributed by atoms with E-state index in [0.717, 1.165) is 67.9 Å². The van der Waals surface area contributed by atoms with E-state index in [2.05, 4.69) is 119 Å². The van der Waals surface area contributed by atoms with Crippen molar-refractivity contribution in [3.8, 4) is 47.9 Å². The van der Waals surface area contributed by atoms with Gasteiger partial charge in [-0.1, -0.05) is 108 Å². The van der Waals surface area contributed by atoms with Crippen LogP contribution in [0.4, 0.5) is 80.0 Å². The number of carbonyl (C=O) groups excluding carboxylic acids is 6. The molecule has 5 aromatic carbocycles. The largest absolute Gasteiger partial charge is 0.437 e. The molecule has 13 heterocycles. The van der Waals surface area contributed by atoms with E-state index in [4.69, 9.17) is 33.9 Å². The van der Waals surface area contributed by atoms with Crippen LogP contribution in [0.15, 0.2) is 379 Å². The minimum Gasteiger partial charge on any atom is -0.437 e. The van der Waals surface area contributed by atoms with Gasteiger partial charge < -0.3 is 61.0 Å². The van der Waals surface area contributed by atoms with Gasteiger partial charge in [0.2, 0.25) is 11.8 Å². The smallest absolute Gasteiger partial charge is 0.275 e. The first-order valence-electron chi connectivity index (χ1n) is 45.0. The van der Waals surface area contributed by atoms with E-state index in [1.54, 1.807) is 257 Å². The van der Waals surface area contributed by atoms with Gasteiger partial charge in [0.05, 0.1) is 120 Å². The summed E-state index contributed by atoms with van der Waals surface area (Å²) in [5.41, 5.74) is 17.0. The van der Waals surface area contributed by atoms with Crippen molar-refractivity contribution in [1.82, 2.24) is 74.8 Å². The summed E-state index contributed by atoms with van der Waals surface area (Å²) in [4.78, 5) is 143. The minimum absolute atomic E-state index is 0. The Morgan fingerprint density at radius 1 is 0.320 bits per heavy atom. The highest BCUT2D eigenvalue weighted by Crippen LogP contribution is 2.32. The summed E-state index contributed by atoms with van der Waals surface area (Å²) in [6, 6.07) is 75.5. The molecular weight excluding hydrogens is 1870 g/mol. The van der Waals surface area contributed by atoms with Gasteiger partial charge in [-0.25, -0.2) is 39.9 Å². The number of hydrogen-bond donors (Lipinski definition) is 6. The van der Waals surface area contributed by atoms with Gasteiger partial charge >= 0.3 is 0 Å². The highest BCUT2D eigenvalue weighted by Gasteiger charge is 2.19. The lowest BCUT2D eigenvalue weighted by atomic mass is 10.1. The first-order chi connectivity index (χ1) is 70.9. The number of anilines is 14. The van der Waals surface area contributed by atoms with E-state index in [1.807, 2.05) is 185 Å². The Bertz CT molecular complexity index is 7440. The molecule has 0 saturated heterocycles. The van der Waals surface area contributed by atoms with Crippen molar-refractivity contribution in [2.24, 2.45) is 0 Å². The molecule has 147 heavy (non-hydrogen) atoms. The third-order valence-electron chi connectivity index (χ3n) is 20.8. The van der Waals surface area contributed by atoms with Crippen molar-refractivity contribution >= 4 is 127 Å². The number of nitrogens with zero attached hydrogens (tertiary/aromatic N) is 19. The van der Waals surface area contributed by atoms with Crippen LogP contribution in [0.25, 0.3) is 0 Å². The van der Waals surface area contributed by atoms with Crippen LogP contribution < -0.4 is 61.0 Å². The van der Waals surface area contributed by atoms with Crippen LogP contribution in [-0.4, -0.2) is 138 Å². The third kappa shape index (κ3) is 32.5. The summed E-state index contributed by atoms with van der Waals surface area (Å²) in [5.74, 6) is 6.85. The fourth-order valence-electron chi connectivity index (χ4n) is 13.6. The van der Waals surface area contributed by atoms with E-state index < -0.39 is 0 Å². The third-order valence-corrected chi connectivity index (χ3v) is 21.0. The monoisotopic (exact) mass is 1970 g/mol. The van der Waals surface area contributed by atoms with Crippen LogP contribution in [0.2, 0.25) is 5.15 Å². The Balaban J connectivity index is 0.000000157. The molecule has 0 unspecified atom stereocenters. The zero-order valence-electron chi connectivity index (χ0n) is 80.3. The number of aryl methyl sites for hydroxylation is 4. The molecule has 732 valence electrons. The number of amides is 6. The number of pyridine rings is 11. The van der Waals surface area contributed by atoms with Crippen molar-refractivity contribution in [1.29, 1.82) is 0 Å². The van der Waals surface area contributed by atoms with Gasteiger partial charge in [0, 0.05) is 151 Å². The van der Waals surface area contributed by atoms with Crippen LogP contribution >= 0.6 is 11.6 Å². The predicted molar refractivity (Wildman–Crippen MR) is 574 cm³/mol. The Morgan fingerprint density at radius 3 is 1.26 bits per heavy atom. The Morgan fingerprint density at radius 2 is 0.748 bits per heavy atom. The van der Waals surface area contributed by atoms with Crippen molar-refractivity contribution in [3.05, 3.63) is 451 Å². The molecule has 0 spiro atoms. The van der Waals surface area contributed by atoms with Gasteiger partial charge in [0.1, 0.15) is 52.5 Å². The number of carbonyl (C=O) groups is 6. The zero-order valence-corrected chi connectivity index (χ0v) is 81.1. The van der Waals surface area contributed by atoms with Gasteiger partial charge in [-0.2, -0.15) is 4.98 Å². The van der Waals surface area contributed by atoms with Gasteiger partial charge in [0.25, 0.3) is 35.4 Å². The topological polar surface area (TPSA) is 399 Å². The molecule has 0 saturated carbocycles. The number of nitrogens with one attached hydrogen (secondary N) is 6. The number of ether oxygens (including phenoxy) is 2. The zero-order chi connectivity index (χ0) is 103. The maximum Gasteiger partial charge on any atom is 0.275 e. The number of benzene rings is 5. The average Bonchev–Trinajstić information content (AvgIpc) is 0.840. The molecule has 0 radical (unpaired) electrons. The Hall–Kier alpha value is -20.1. The number of hydrogen-bond acceptors (Lipinski definition) is 27. The van der Waals surface area contributed by atoms with E-state index in [1.165, 1.54) is 12.7 Å². The number of halogens is 1. The molecule has 6 amide bonds. The highest BCUT2D eigenvalue weighted by molar-refractivity contribution is 6.30. The van der Waals surface area contributed by atoms with Crippen molar-refractivity contribution in [2.75, 3.05) is 79.2 Å². The molecular formula is C113H100ClN25O8. The Kier molecular flexibility index (Phi) is 38.8. The number of terminal acetylenes is 2. The summed E-state index contributed by atoms with van der Waals surface area (Å²) >= 11 is 6.12. The molecule has 0 aliphatic carbocycles. The van der Waals surface area contributed by atoms with Gasteiger partial charge in [-0.15, -0.1) is 12.8 Å². The second kappa shape index (κ2) is 53.9. The van der Waals surface area contributed by atoms with Gasteiger partial charge in [0.15, 0.2) is 0 Å². The molecule has 13 aromatic heterocycles. The molecule has 34 heteroatoms. The maximum atomic E-state index is 12.5. The number of aromatic nitrogens is 15. The highest BCUT2D eigenvalue weighted by atomic mass is 35.5. The minimum atomic E-state index is -0.320. The molecule has 6 N–H and O–H groups in total. The normalized spacial score (nSPS) is 10.1. The van der Waals surface area contributed by atoms with E-state index in [0.29, 0.717) is 109 Å². The summed E-state index contributed by atoms with van der Waals surface area (Å²) in [5, 5.41) is 17.1. The van der Waals surface area contributed by atoms with E-state index in [-0.39, 0.29) is 48.0 Å². The predicted octanol–water partition coefficient (Wildman–Crippen LogP) is 22.1. The van der Waals surface area contributed by atoms with Crippen molar-refractivity contribution in [2.45, 2.75) is 42.0 Å². The second-order valence-electron chi connectivity index (χ2n) is 31.6. The van der Waals surface area contributed by atoms with Crippen LogP contribution in [0, 0.1) is 52.4 Å². The molecule has 0 bridgehead atoms. The molecule has 0 aliphatic heterocycles. The maximum absolute atomic E-state index is 12.5. The van der Waals surface area contributed by atoms with Crippen LogP contribution in [0.3, 0.4) is 0 Å². The van der Waals surface area contributed by atoms with Gasteiger partial charge in [-0.05, 0) is 204 Å². The first-order valence-corrected chi connectivity index (χ1v) is 45.4. The second-order valence-corrected chi connectivity index (χ2v) is 32.0. The summed E-state index contributed by atoms with van der Waals surface area (Å²) in [6.45, 7) is 10.4.